The molecule has 0 heterocycles. The minimum atomic E-state index is 0.0585. The van der Waals surface area contributed by atoms with Gasteiger partial charge in [-0.3, -0.25) is 4.79 Å². The Hall–Kier alpha value is -0.610. The molecule has 4 nitrogen and oxygen atoms in total. The number of hydrogen-bond acceptors (Lipinski definition) is 3. The first-order chi connectivity index (χ1) is 8.72. The molecule has 1 aliphatic rings. The molecule has 0 aliphatic heterocycles. The van der Waals surface area contributed by atoms with Crippen LogP contribution in [-0.4, -0.2) is 38.8 Å². The van der Waals surface area contributed by atoms with Gasteiger partial charge in [0.05, 0.1) is 13.2 Å². The average molecular weight is 256 g/mol. The summed E-state index contributed by atoms with van der Waals surface area (Å²) in [7, 11) is 1.64. The molecule has 0 radical (unpaired) electrons. The third kappa shape index (κ3) is 6.97. The normalized spacial score (nSPS) is 18.6. The van der Waals surface area contributed by atoms with Gasteiger partial charge in [-0.2, -0.15) is 0 Å². The fourth-order valence-corrected chi connectivity index (χ4v) is 2.60. The van der Waals surface area contributed by atoms with Crippen LogP contribution in [0.15, 0.2) is 0 Å². The van der Waals surface area contributed by atoms with E-state index in [9.17, 15) is 4.79 Å². The van der Waals surface area contributed by atoms with Gasteiger partial charge in [0.1, 0.15) is 0 Å². The molecule has 106 valence electrons. The first-order valence-corrected chi connectivity index (χ1v) is 7.21. The fraction of sp³-hybridized carbons (Fsp3) is 0.929. The van der Waals surface area contributed by atoms with E-state index in [-0.39, 0.29) is 11.9 Å². The second kappa shape index (κ2) is 9.34. The van der Waals surface area contributed by atoms with Crippen LogP contribution in [0.4, 0.5) is 0 Å². The Kier molecular flexibility index (Phi) is 8.01. The second-order valence-electron chi connectivity index (χ2n) is 5.39. The van der Waals surface area contributed by atoms with E-state index in [0.717, 1.165) is 12.5 Å². The van der Waals surface area contributed by atoms with Gasteiger partial charge in [0.15, 0.2) is 0 Å². The lowest BCUT2D eigenvalue weighted by Gasteiger charge is -2.21. The molecule has 18 heavy (non-hydrogen) atoms. The topological polar surface area (TPSA) is 50.4 Å². The van der Waals surface area contributed by atoms with Gasteiger partial charge in [-0.25, -0.2) is 0 Å². The minimum absolute atomic E-state index is 0.0585. The summed E-state index contributed by atoms with van der Waals surface area (Å²) in [6, 6.07) is 0.0858. The van der Waals surface area contributed by atoms with Crippen molar-refractivity contribution in [2.45, 2.75) is 51.5 Å². The number of nitrogens with one attached hydrogen (secondary N) is 2. The van der Waals surface area contributed by atoms with Crippen LogP contribution in [0.25, 0.3) is 0 Å². The van der Waals surface area contributed by atoms with Gasteiger partial charge in [-0.05, 0) is 25.8 Å². The van der Waals surface area contributed by atoms with Crippen molar-refractivity contribution in [2.24, 2.45) is 5.92 Å². The maximum Gasteiger partial charge on any atom is 0.234 e. The van der Waals surface area contributed by atoms with Gasteiger partial charge in [-0.1, -0.05) is 32.1 Å². The summed E-state index contributed by atoms with van der Waals surface area (Å²) < 4.78 is 4.97. The lowest BCUT2D eigenvalue weighted by molar-refractivity contribution is -0.121. The van der Waals surface area contributed by atoms with E-state index in [4.69, 9.17) is 4.74 Å². The molecule has 1 amide bonds. The number of amides is 1. The van der Waals surface area contributed by atoms with Crippen LogP contribution in [0.3, 0.4) is 0 Å². The van der Waals surface area contributed by atoms with E-state index < -0.39 is 0 Å². The number of carbonyl (C=O) groups excluding carboxylic acids is 1. The molecule has 0 aromatic heterocycles. The van der Waals surface area contributed by atoms with Crippen molar-refractivity contribution in [1.82, 2.24) is 10.6 Å². The Bertz CT molecular complexity index is 228. The van der Waals surface area contributed by atoms with Gasteiger partial charge in [0, 0.05) is 13.2 Å². The number of carbonyl (C=O) groups is 1. The van der Waals surface area contributed by atoms with E-state index in [0.29, 0.717) is 13.2 Å². The summed E-state index contributed by atoms with van der Waals surface area (Å²) >= 11 is 0. The highest BCUT2D eigenvalue weighted by Crippen LogP contribution is 2.25. The predicted molar refractivity (Wildman–Crippen MR) is 73.5 cm³/mol. The quantitative estimate of drug-likeness (QED) is 0.650. The van der Waals surface area contributed by atoms with Crippen molar-refractivity contribution in [1.29, 1.82) is 0 Å². The third-order valence-corrected chi connectivity index (χ3v) is 3.56. The number of rotatable bonds is 8. The van der Waals surface area contributed by atoms with Gasteiger partial charge < -0.3 is 15.4 Å². The maximum absolute atomic E-state index is 11.6. The minimum Gasteiger partial charge on any atom is -0.383 e. The molecule has 0 bridgehead atoms. The van der Waals surface area contributed by atoms with E-state index >= 15 is 0 Å². The summed E-state index contributed by atoms with van der Waals surface area (Å²) in [6.07, 6.45) is 8.14. The molecule has 4 heteroatoms. The largest absolute Gasteiger partial charge is 0.383 e. The molecule has 1 aliphatic carbocycles. The highest BCUT2D eigenvalue weighted by atomic mass is 16.5. The van der Waals surface area contributed by atoms with Gasteiger partial charge >= 0.3 is 0 Å². The summed E-state index contributed by atoms with van der Waals surface area (Å²) in [4.78, 5) is 11.6. The zero-order chi connectivity index (χ0) is 13.2. The lowest BCUT2D eigenvalue weighted by atomic mass is 9.87. The van der Waals surface area contributed by atoms with Crippen molar-refractivity contribution in [2.75, 3.05) is 26.8 Å². The smallest absolute Gasteiger partial charge is 0.234 e. The number of ether oxygens (including phenoxy) is 1. The van der Waals surface area contributed by atoms with Gasteiger partial charge in [0.2, 0.25) is 5.91 Å². The van der Waals surface area contributed by atoms with Crippen molar-refractivity contribution in [3.8, 4) is 0 Å². The van der Waals surface area contributed by atoms with Crippen LogP contribution in [0, 0.1) is 5.92 Å². The average Bonchev–Trinajstić information content (AvgIpc) is 2.36. The SMILES string of the molecule is COCC(C)NC(=O)CNCCC1CCCCC1. The molecule has 0 spiro atoms. The van der Waals surface area contributed by atoms with Crippen LogP contribution in [-0.2, 0) is 9.53 Å². The van der Waals surface area contributed by atoms with Gasteiger partial charge in [0.25, 0.3) is 0 Å². The Labute approximate surface area is 111 Å². The van der Waals surface area contributed by atoms with Crippen molar-refractivity contribution in [3.63, 3.8) is 0 Å². The van der Waals surface area contributed by atoms with E-state index in [1.807, 2.05) is 6.92 Å². The highest BCUT2D eigenvalue weighted by molar-refractivity contribution is 5.78. The van der Waals surface area contributed by atoms with E-state index in [2.05, 4.69) is 10.6 Å². The fourth-order valence-electron chi connectivity index (χ4n) is 2.60. The molecule has 0 aromatic carbocycles. The Morgan fingerprint density at radius 3 is 2.72 bits per heavy atom. The predicted octanol–water partition coefficient (Wildman–Crippen LogP) is 1.70. The second-order valence-corrected chi connectivity index (χ2v) is 5.39. The van der Waals surface area contributed by atoms with Gasteiger partial charge in [-0.15, -0.1) is 0 Å². The molecule has 1 rings (SSSR count). The molecule has 1 saturated carbocycles. The zero-order valence-corrected chi connectivity index (χ0v) is 11.8. The van der Waals surface area contributed by atoms with E-state index in [1.54, 1.807) is 7.11 Å². The standard InChI is InChI=1S/C14H28N2O2/c1-12(11-18-2)16-14(17)10-15-9-8-13-6-4-3-5-7-13/h12-13,15H,3-11H2,1-2H3,(H,16,17). The molecular weight excluding hydrogens is 228 g/mol. The molecular formula is C14H28N2O2. The summed E-state index contributed by atoms with van der Waals surface area (Å²) in [5.74, 6) is 0.935. The van der Waals surface area contributed by atoms with Crippen molar-refractivity contribution >= 4 is 5.91 Å². The van der Waals surface area contributed by atoms with Crippen molar-refractivity contribution < 1.29 is 9.53 Å². The number of methoxy groups -OCH3 is 1. The molecule has 1 atom stereocenters. The van der Waals surface area contributed by atoms with Crippen LogP contribution in [0.1, 0.15) is 45.4 Å². The summed E-state index contributed by atoms with van der Waals surface area (Å²) in [5, 5.41) is 6.12. The van der Waals surface area contributed by atoms with Crippen LogP contribution >= 0.6 is 0 Å². The molecule has 1 fully saturated rings. The maximum atomic E-state index is 11.6. The lowest BCUT2D eigenvalue weighted by Crippen LogP contribution is -2.41. The Balaban J connectivity index is 1.97. The zero-order valence-electron chi connectivity index (χ0n) is 11.8. The van der Waals surface area contributed by atoms with Crippen LogP contribution in [0.2, 0.25) is 0 Å². The molecule has 0 saturated heterocycles. The first-order valence-electron chi connectivity index (χ1n) is 7.21. The highest BCUT2D eigenvalue weighted by Gasteiger charge is 2.13. The molecule has 1 unspecified atom stereocenters. The summed E-state index contributed by atoms with van der Waals surface area (Å²) in [6.45, 7) is 3.88. The number of hydrogen-bond donors (Lipinski definition) is 2. The summed E-state index contributed by atoms with van der Waals surface area (Å²) in [5.41, 5.74) is 0. The molecule has 0 aromatic rings. The Morgan fingerprint density at radius 2 is 2.06 bits per heavy atom. The van der Waals surface area contributed by atoms with E-state index in [1.165, 1.54) is 38.5 Å². The monoisotopic (exact) mass is 256 g/mol. The molecule has 2 N–H and O–H groups in total. The van der Waals surface area contributed by atoms with Crippen LogP contribution in [0.5, 0.6) is 0 Å². The third-order valence-electron chi connectivity index (χ3n) is 3.56. The van der Waals surface area contributed by atoms with Crippen molar-refractivity contribution in [3.05, 3.63) is 0 Å². The first kappa shape index (κ1) is 15.4. The van der Waals surface area contributed by atoms with Crippen LogP contribution < -0.4 is 10.6 Å². The Morgan fingerprint density at radius 1 is 1.33 bits per heavy atom.